The van der Waals surface area contributed by atoms with Gasteiger partial charge in [0.05, 0.1) is 22.5 Å². The molecule has 3 N–H and O–H groups in total. The molecule has 3 heterocycles. The van der Waals surface area contributed by atoms with Crippen LogP contribution in [0.5, 0.6) is 0 Å². The van der Waals surface area contributed by atoms with Gasteiger partial charge >= 0.3 is 5.97 Å². The predicted octanol–water partition coefficient (Wildman–Crippen LogP) is 2.61. The summed E-state index contributed by atoms with van der Waals surface area (Å²) in [4.78, 5) is 18.5. The third-order valence-corrected chi connectivity index (χ3v) is 6.22. The first kappa shape index (κ1) is 22.6. The third-order valence-electron chi connectivity index (χ3n) is 6.22. The average molecular weight is 446 g/mol. The molecule has 2 aliphatic heterocycles. The van der Waals surface area contributed by atoms with Crippen LogP contribution in [-0.4, -0.2) is 54.0 Å². The lowest BCUT2D eigenvalue weighted by Gasteiger charge is -2.34. The molecule has 1 atom stereocenters. The van der Waals surface area contributed by atoms with Gasteiger partial charge in [0.15, 0.2) is 0 Å². The van der Waals surface area contributed by atoms with Crippen molar-refractivity contribution < 1.29 is 9.53 Å². The Morgan fingerprint density at radius 1 is 1.45 bits per heavy atom. The van der Waals surface area contributed by atoms with Crippen molar-refractivity contribution in [2.24, 2.45) is 5.10 Å². The second-order valence-electron chi connectivity index (χ2n) is 8.38. The molecule has 4 rings (SSSR count). The van der Waals surface area contributed by atoms with Crippen molar-refractivity contribution in [2.45, 2.75) is 33.4 Å². The molecule has 9 heteroatoms. The fourth-order valence-corrected chi connectivity index (χ4v) is 4.44. The molecule has 2 aliphatic rings. The largest absolute Gasteiger partial charge is 0.457 e. The van der Waals surface area contributed by atoms with E-state index in [0.29, 0.717) is 41.5 Å². The molecular weight excluding hydrogens is 418 g/mol. The van der Waals surface area contributed by atoms with Crippen LogP contribution in [0.1, 0.15) is 49.9 Å². The molecule has 0 saturated carbocycles. The summed E-state index contributed by atoms with van der Waals surface area (Å²) in [6.07, 6.45) is 1.25. The molecule has 1 saturated heterocycles. The van der Waals surface area contributed by atoms with Gasteiger partial charge in [-0.2, -0.15) is 10.4 Å². The SMILES string of the molecule is Cc1cc(N/N=C(\C=N)CN2CCN[C@H](c3ccc4c(c3C)COC4=O)C2)nc(C)c1C#N. The number of fused-ring (bicyclic) bond motifs is 1. The van der Waals surface area contributed by atoms with E-state index < -0.39 is 0 Å². The summed E-state index contributed by atoms with van der Waals surface area (Å²) in [5.41, 5.74) is 9.46. The van der Waals surface area contributed by atoms with Crippen LogP contribution in [0.2, 0.25) is 0 Å². The normalized spacial score (nSPS) is 18.4. The van der Waals surface area contributed by atoms with Crippen molar-refractivity contribution in [3.05, 3.63) is 57.3 Å². The molecule has 33 heavy (non-hydrogen) atoms. The molecule has 0 amide bonds. The number of ether oxygens (including phenoxy) is 1. The molecule has 2 aromatic rings. The molecule has 1 aromatic heterocycles. The number of carbonyl (C=O) groups is 1. The third kappa shape index (κ3) is 4.62. The van der Waals surface area contributed by atoms with Gasteiger partial charge in [0.25, 0.3) is 0 Å². The number of piperazine rings is 1. The van der Waals surface area contributed by atoms with E-state index in [1.165, 1.54) is 6.21 Å². The lowest BCUT2D eigenvalue weighted by atomic mass is 9.93. The van der Waals surface area contributed by atoms with Gasteiger partial charge in [-0.25, -0.2) is 9.78 Å². The molecule has 170 valence electrons. The Bertz CT molecular complexity index is 1160. The van der Waals surface area contributed by atoms with Gasteiger partial charge in [-0.05, 0) is 49.6 Å². The summed E-state index contributed by atoms with van der Waals surface area (Å²) in [5, 5.41) is 24.9. The Kier molecular flexibility index (Phi) is 6.49. The molecule has 1 aromatic carbocycles. The van der Waals surface area contributed by atoms with E-state index in [1.54, 1.807) is 13.0 Å². The highest BCUT2D eigenvalue weighted by atomic mass is 16.5. The van der Waals surface area contributed by atoms with Crippen LogP contribution in [0.3, 0.4) is 0 Å². The van der Waals surface area contributed by atoms with Crippen molar-refractivity contribution in [1.82, 2.24) is 15.2 Å². The summed E-state index contributed by atoms with van der Waals surface area (Å²) < 4.78 is 5.19. The topological polar surface area (TPSA) is 126 Å². The predicted molar refractivity (Wildman–Crippen MR) is 126 cm³/mol. The Morgan fingerprint density at radius 2 is 2.27 bits per heavy atom. The molecule has 0 radical (unpaired) electrons. The smallest absolute Gasteiger partial charge is 0.338 e. The van der Waals surface area contributed by atoms with Crippen molar-refractivity contribution in [3.8, 4) is 6.07 Å². The highest BCUT2D eigenvalue weighted by molar-refractivity contribution is 6.30. The molecular formula is C24H27N7O2. The zero-order chi connectivity index (χ0) is 23.5. The Hall–Kier alpha value is -3.61. The quantitative estimate of drug-likeness (QED) is 0.354. The summed E-state index contributed by atoms with van der Waals surface area (Å²) >= 11 is 0. The number of anilines is 1. The van der Waals surface area contributed by atoms with E-state index in [9.17, 15) is 10.1 Å². The highest BCUT2D eigenvalue weighted by Gasteiger charge is 2.28. The van der Waals surface area contributed by atoms with Gasteiger partial charge in [-0.15, -0.1) is 0 Å². The second kappa shape index (κ2) is 9.48. The number of hydrazone groups is 1. The van der Waals surface area contributed by atoms with Crippen molar-refractivity contribution >= 4 is 23.7 Å². The number of nitriles is 1. The van der Waals surface area contributed by atoms with Crippen LogP contribution < -0.4 is 10.7 Å². The van der Waals surface area contributed by atoms with Crippen LogP contribution in [0.25, 0.3) is 0 Å². The summed E-state index contributed by atoms with van der Waals surface area (Å²) in [5.74, 6) is 0.298. The first-order valence-electron chi connectivity index (χ1n) is 10.9. The van der Waals surface area contributed by atoms with E-state index in [2.05, 4.69) is 31.8 Å². The van der Waals surface area contributed by atoms with Gasteiger partial charge in [0, 0.05) is 44.0 Å². The monoisotopic (exact) mass is 445 g/mol. The first-order chi connectivity index (χ1) is 15.9. The van der Waals surface area contributed by atoms with E-state index in [4.69, 9.17) is 10.1 Å². The number of nitrogens with one attached hydrogen (secondary N) is 3. The van der Waals surface area contributed by atoms with E-state index in [0.717, 1.165) is 41.9 Å². The maximum atomic E-state index is 11.8. The fourth-order valence-electron chi connectivity index (χ4n) is 4.44. The number of pyridine rings is 1. The number of aromatic nitrogens is 1. The summed E-state index contributed by atoms with van der Waals surface area (Å²) in [6, 6.07) is 7.92. The van der Waals surface area contributed by atoms with Crippen LogP contribution in [0.4, 0.5) is 5.82 Å². The van der Waals surface area contributed by atoms with Gasteiger partial charge in [-0.1, -0.05) is 6.07 Å². The number of cyclic esters (lactones) is 1. The minimum absolute atomic E-state index is 0.116. The molecule has 0 aliphatic carbocycles. The summed E-state index contributed by atoms with van der Waals surface area (Å²) in [7, 11) is 0. The lowest BCUT2D eigenvalue weighted by molar-refractivity contribution is 0.0535. The highest BCUT2D eigenvalue weighted by Crippen LogP contribution is 2.30. The standard InChI is InChI=1S/C24H27N7O2/c1-14-8-23(28-16(3)20(14)10-26)30-29-17(9-25)11-31-7-6-27-22(12-31)18-4-5-19-21(15(18)2)13-33-24(19)32/h4-5,8-9,22,25,27H,6-7,11-13H2,1-3H3,(H,28,30)/b25-9?,29-17+/t22-/m0/s1. The number of nitrogens with zero attached hydrogens (tertiary/aromatic N) is 4. The fraction of sp³-hybridized carbons (Fsp3) is 0.375. The lowest BCUT2D eigenvalue weighted by Crippen LogP contribution is -2.47. The van der Waals surface area contributed by atoms with E-state index >= 15 is 0 Å². The molecule has 0 bridgehead atoms. The maximum Gasteiger partial charge on any atom is 0.338 e. The van der Waals surface area contributed by atoms with Crippen molar-refractivity contribution in [2.75, 3.05) is 31.6 Å². The van der Waals surface area contributed by atoms with Gasteiger partial charge in [-0.3, -0.25) is 10.3 Å². The van der Waals surface area contributed by atoms with Crippen LogP contribution in [0, 0.1) is 37.5 Å². The van der Waals surface area contributed by atoms with Gasteiger partial charge < -0.3 is 15.5 Å². The molecule has 0 spiro atoms. The first-order valence-corrected chi connectivity index (χ1v) is 10.9. The minimum atomic E-state index is -0.251. The number of benzene rings is 1. The number of rotatable bonds is 6. The van der Waals surface area contributed by atoms with Gasteiger partial charge in [0.2, 0.25) is 0 Å². The zero-order valence-electron chi connectivity index (χ0n) is 19.0. The number of esters is 1. The number of hydrogen-bond acceptors (Lipinski definition) is 9. The van der Waals surface area contributed by atoms with E-state index in [1.807, 2.05) is 26.0 Å². The second-order valence-corrected chi connectivity index (χ2v) is 8.38. The Labute approximate surface area is 193 Å². The maximum absolute atomic E-state index is 11.8. The van der Waals surface area contributed by atoms with E-state index in [-0.39, 0.29) is 12.0 Å². The van der Waals surface area contributed by atoms with Crippen molar-refractivity contribution in [3.63, 3.8) is 0 Å². The number of carbonyl (C=O) groups excluding carboxylic acids is 1. The zero-order valence-corrected chi connectivity index (χ0v) is 19.0. The molecule has 9 nitrogen and oxygen atoms in total. The molecule has 0 unspecified atom stereocenters. The Balaban J connectivity index is 1.45. The van der Waals surface area contributed by atoms with Crippen LogP contribution in [0.15, 0.2) is 23.3 Å². The van der Waals surface area contributed by atoms with Gasteiger partial charge in [0.1, 0.15) is 18.5 Å². The summed E-state index contributed by atoms with van der Waals surface area (Å²) in [6.45, 7) is 8.96. The molecule has 1 fully saturated rings. The van der Waals surface area contributed by atoms with Crippen LogP contribution >= 0.6 is 0 Å². The average Bonchev–Trinajstić information content (AvgIpc) is 3.18. The Morgan fingerprint density at radius 3 is 3.00 bits per heavy atom. The number of hydrogen-bond donors (Lipinski definition) is 3. The van der Waals surface area contributed by atoms with Crippen LogP contribution in [-0.2, 0) is 11.3 Å². The number of aryl methyl sites for hydroxylation is 2. The van der Waals surface area contributed by atoms with Crippen molar-refractivity contribution in [1.29, 1.82) is 10.7 Å². The minimum Gasteiger partial charge on any atom is -0.457 e.